The van der Waals surface area contributed by atoms with E-state index in [0.717, 1.165) is 54.0 Å². The number of piperazine rings is 1. The van der Waals surface area contributed by atoms with Crippen LogP contribution in [0.1, 0.15) is 0 Å². The molecule has 2 aromatic heterocycles. The highest BCUT2D eigenvalue weighted by Gasteiger charge is 2.17. The largest absolute Gasteiger partial charge is 0.369 e. The summed E-state index contributed by atoms with van der Waals surface area (Å²) in [5.74, 6) is 0.192. The predicted molar refractivity (Wildman–Crippen MR) is 146 cm³/mol. The van der Waals surface area contributed by atoms with Gasteiger partial charge >= 0.3 is 0 Å². The average molecular weight is 498 g/mol. The lowest BCUT2D eigenvalue weighted by molar-refractivity contribution is -0.111. The zero-order valence-electron chi connectivity index (χ0n) is 20.4. The minimum atomic E-state index is -0.296. The number of hydrogen-bond donors (Lipinski definition) is 2. The summed E-state index contributed by atoms with van der Waals surface area (Å²) in [4.78, 5) is 29.9. The molecule has 0 saturated carbocycles. The lowest BCUT2D eigenvalue weighted by Gasteiger charge is -2.35. The van der Waals surface area contributed by atoms with Crippen LogP contribution < -0.4 is 15.5 Å². The lowest BCUT2D eigenvalue weighted by Crippen LogP contribution is -2.47. The molecule has 0 aliphatic carbocycles. The molecule has 1 aliphatic rings. The minimum absolute atomic E-state index is 0.283. The van der Waals surface area contributed by atoms with E-state index in [4.69, 9.17) is 4.98 Å². The molecule has 1 amide bonds. The molecular weight excluding hydrogens is 469 g/mol. The molecule has 3 heterocycles. The van der Waals surface area contributed by atoms with Gasteiger partial charge in [-0.05, 0) is 42.5 Å². The standard InChI is InChI=1S/C28H28FN7O/c1-2-26(37)32-22-10-12-30-25(18-22)24-5-3-4-20-19-31-28(34-27(20)24)33-21-6-8-23(9-7-21)36-16-14-35(13-11-29)15-17-36/h2-10,12,18-19H,1,11,13-17H2,(H,30,32,37)(H,31,33,34). The van der Waals surface area contributed by atoms with Crippen molar-refractivity contribution in [1.82, 2.24) is 19.9 Å². The van der Waals surface area contributed by atoms with Crippen molar-refractivity contribution in [3.63, 3.8) is 0 Å². The molecule has 1 fully saturated rings. The van der Waals surface area contributed by atoms with Crippen LogP contribution in [-0.4, -0.2) is 65.2 Å². The van der Waals surface area contributed by atoms with E-state index < -0.39 is 0 Å². The Bertz CT molecular complexity index is 1400. The maximum atomic E-state index is 12.6. The molecule has 5 rings (SSSR count). The number of aromatic nitrogens is 3. The number of benzene rings is 2. The second kappa shape index (κ2) is 11.1. The molecule has 1 aliphatic heterocycles. The number of anilines is 4. The number of pyridine rings is 1. The number of nitrogens with zero attached hydrogens (tertiary/aromatic N) is 5. The summed E-state index contributed by atoms with van der Waals surface area (Å²) in [5, 5.41) is 6.94. The maximum Gasteiger partial charge on any atom is 0.247 e. The predicted octanol–water partition coefficient (Wildman–Crippen LogP) is 4.65. The molecule has 0 radical (unpaired) electrons. The van der Waals surface area contributed by atoms with Crippen molar-refractivity contribution < 1.29 is 9.18 Å². The summed E-state index contributed by atoms with van der Waals surface area (Å²) < 4.78 is 12.6. The normalized spacial score (nSPS) is 13.9. The van der Waals surface area contributed by atoms with E-state index in [2.05, 4.69) is 49.1 Å². The van der Waals surface area contributed by atoms with Gasteiger partial charge in [0.05, 0.1) is 11.2 Å². The second-order valence-electron chi connectivity index (χ2n) is 8.75. The molecular formula is C28H28FN7O. The van der Waals surface area contributed by atoms with Crippen LogP contribution >= 0.6 is 0 Å². The van der Waals surface area contributed by atoms with Crippen molar-refractivity contribution in [1.29, 1.82) is 0 Å². The van der Waals surface area contributed by atoms with Crippen LogP contribution in [0, 0.1) is 0 Å². The number of alkyl halides is 1. The van der Waals surface area contributed by atoms with Gasteiger partial charge in [-0.2, -0.15) is 0 Å². The van der Waals surface area contributed by atoms with Crippen molar-refractivity contribution in [2.45, 2.75) is 0 Å². The first-order chi connectivity index (χ1) is 18.1. The Morgan fingerprint density at radius 1 is 1.03 bits per heavy atom. The van der Waals surface area contributed by atoms with Gasteiger partial charge in [-0.1, -0.05) is 24.8 Å². The summed E-state index contributed by atoms with van der Waals surface area (Å²) in [7, 11) is 0. The molecule has 8 nitrogen and oxygen atoms in total. The molecule has 9 heteroatoms. The molecule has 4 aromatic rings. The van der Waals surface area contributed by atoms with Gasteiger partial charge in [-0.3, -0.25) is 14.7 Å². The van der Waals surface area contributed by atoms with E-state index in [-0.39, 0.29) is 12.6 Å². The molecule has 0 atom stereocenters. The Balaban J connectivity index is 1.34. The van der Waals surface area contributed by atoms with Crippen LogP contribution in [0.5, 0.6) is 0 Å². The van der Waals surface area contributed by atoms with Crippen molar-refractivity contribution in [3.05, 3.63) is 79.6 Å². The third-order valence-corrected chi connectivity index (χ3v) is 6.36. The Hall–Kier alpha value is -4.37. The number of para-hydroxylation sites is 1. The molecule has 37 heavy (non-hydrogen) atoms. The number of carbonyl (C=O) groups excluding carboxylic acids is 1. The van der Waals surface area contributed by atoms with E-state index in [1.54, 1.807) is 18.5 Å². The highest BCUT2D eigenvalue weighted by atomic mass is 19.1. The number of fused-ring (bicyclic) bond motifs is 1. The van der Waals surface area contributed by atoms with Crippen molar-refractivity contribution in [2.75, 3.05) is 54.9 Å². The summed E-state index contributed by atoms with van der Waals surface area (Å²) in [6.45, 7) is 7.22. The fourth-order valence-electron chi connectivity index (χ4n) is 4.41. The summed E-state index contributed by atoms with van der Waals surface area (Å²) in [6, 6.07) is 17.5. The van der Waals surface area contributed by atoms with Crippen molar-refractivity contribution in [3.8, 4) is 11.3 Å². The van der Waals surface area contributed by atoms with Gasteiger partial charge in [0.1, 0.15) is 6.67 Å². The molecule has 0 bridgehead atoms. The monoisotopic (exact) mass is 497 g/mol. The van der Waals surface area contributed by atoms with Crippen LogP contribution in [0.15, 0.2) is 79.6 Å². The second-order valence-corrected chi connectivity index (χ2v) is 8.75. The number of nitrogens with one attached hydrogen (secondary N) is 2. The van der Waals surface area contributed by atoms with E-state index in [9.17, 15) is 9.18 Å². The molecule has 2 N–H and O–H groups in total. The average Bonchev–Trinajstić information content (AvgIpc) is 2.94. The van der Waals surface area contributed by atoms with Gasteiger partial charge in [-0.25, -0.2) is 14.4 Å². The van der Waals surface area contributed by atoms with Crippen LogP contribution in [0.4, 0.5) is 27.4 Å². The minimum Gasteiger partial charge on any atom is -0.369 e. The third-order valence-electron chi connectivity index (χ3n) is 6.36. The van der Waals surface area contributed by atoms with Crippen LogP contribution in [0.25, 0.3) is 22.2 Å². The number of carbonyl (C=O) groups is 1. The fourth-order valence-corrected chi connectivity index (χ4v) is 4.41. The van der Waals surface area contributed by atoms with Gasteiger partial charge in [0.25, 0.3) is 0 Å². The number of hydrogen-bond acceptors (Lipinski definition) is 7. The Morgan fingerprint density at radius 3 is 2.59 bits per heavy atom. The van der Waals surface area contributed by atoms with Crippen molar-refractivity contribution in [2.24, 2.45) is 0 Å². The highest BCUT2D eigenvalue weighted by molar-refractivity contribution is 5.99. The van der Waals surface area contributed by atoms with Gasteiger partial charge in [0, 0.05) is 73.1 Å². The lowest BCUT2D eigenvalue weighted by atomic mass is 10.1. The van der Waals surface area contributed by atoms with E-state index in [1.807, 2.05) is 36.4 Å². The number of halogens is 1. The summed E-state index contributed by atoms with van der Waals surface area (Å²) in [5.41, 5.74) is 4.92. The third kappa shape index (κ3) is 5.73. The van der Waals surface area contributed by atoms with Gasteiger partial charge < -0.3 is 15.5 Å². The van der Waals surface area contributed by atoms with Crippen LogP contribution in [-0.2, 0) is 4.79 Å². The van der Waals surface area contributed by atoms with Crippen LogP contribution in [0.2, 0.25) is 0 Å². The van der Waals surface area contributed by atoms with Gasteiger partial charge in [0.15, 0.2) is 0 Å². The zero-order valence-corrected chi connectivity index (χ0v) is 20.4. The molecule has 0 unspecified atom stereocenters. The Morgan fingerprint density at radius 2 is 1.84 bits per heavy atom. The van der Waals surface area contributed by atoms with Gasteiger partial charge in [0.2, 0.25) is 11.9 Å². The number of amides is 1. The Kier molecular flexibility index (Phi) is 7.32. The summed E-state index contributed by atoms with van der Waals surface area (Å²) >= 11 is 0. The first-order valence-corrected chi connectivity index (χ1v) is 12.2. The van der Waals surface area contributed by atoms with Crippen molar-refractivity contribution >= 4 is 39.8 Å². The fraction of sp³-hybridized carbons (Fsp3) is 0.214. The zero-order chi connectivity index (χ0) is 25.6. The maximum absolute atomic E-state index is 12.6. The first-order valence-electron chi connectivity index (χ1n) is 12.2. The number of rotatable bonds is 8. The van der Waals surface area contributed by atoms with Crippen LogP contribution in [0.3, 0.4) is 0 Å². The Labute approximate surface area is 214 Å². The smallest absolute Gasteiger partial charge is 0.247 e. The van der Waals surface area contributed by atoms with E-state index in [1.165, 1.54) is 6.08 Å². The molecule has 2 aromatic carbocycles. The SMILES string of the molecule is C=CC(=O)Nc1ccnc(-c2cccc3cnc(Nc4ccc(N5CCN(CCF)CC5)cc4)nc23)c1. The quantitative estimate of drug-likeness (QED) is 0.343. The van der Waals surface area contributed by atoms with E-state index >= 15 is 0 Å². The molecule has 188 valence electrons. The highest BCUT2D eigenvalue weighted by Crippen LogP contribution is 2.29. The first kappa shape index (κ1) is 24.3. The molecule has 0 spiro atoms. The van der Waals surface area contributed by atoms with E-state index in [0.29, 0.717) is 23.9 Å². The summed E-state index contributed by atoms with van der Waals surface area (Å²) in [6.07, 6.45) is 4.66. The van der Waals surface area contributed by atoms with Gasteiger partial charge in [-0.15, -0.1) is 0 Å². The topological polar surface area (TPSA) is 86.3 Å². The molecule has 1 saturated heterocycles.